The Labute approximate surface area is 212 Å². The summed E-state index contributed by atoms with van der Waals surface area (Å²) in [6, 6.07) is 6.77. The number of nitrogens with zero attached hydrogens (tertiary/aromatic N) is 2. The molecule has 12 heteroatoms. The van der Waals surface area contributed by atoms with E-state index in [-0.39, 0.29) is 34.2 Å². The number of hydrogen-bond donors (Lipinski definition) is 2. The highest BCUT2D eigenvalue weighted by atomic mass is 79.9. The van der Waals surface area contributed by atoms with Gasteiger partial charge in [0.15, 0.2) is 5.76 Å². The molecule has 1 amide bonds. The monoisotopic (exact) mass is 571 g/mol. The summed E-state index contributed by atoms with van der Waals surface area (Å²) in [6.07, 6.45) is -3.99. The minimum Gasteiger partial charge on any atom is -0.438 e. The normalized spacial score (nSPS) is 22.4. The maximum Gasteiger partial charge on any atom is 0.408 e. The number of rotatable bonds is 4. The van der Waals surface area contributed by atoms with Gasteiger partial charge in [-0.2, -0.15) is 13.2 Å². The van der Waals surface area contributed by atoms with Crippen molar-refractivity contribution in [3.8, 4) is 11.3 Å². The molecule has 8 nitrogen and oxygen atoms in total. The average molecular weight is 572 g/mol. The van der Waals surface area contributed by atoms with Crippen LogP contribution in [0.15, 0.2) is 44.3 Å². The molecule has 0 unspecified atom stereocenters. The molecule has 1 aromatic carbocycles. The van der Waals surface area contributed by atoms with Gasteiger partial charge in [0.1, 0.15) is 23.9 Å². The quantitative estimate of drug-likeness (QED) is 0.443. The molecule has 0 aliphatic heterocycles. The van der Waals surface area contributed by atoms with Gasteiger partial charge in [0.05, 0.1) is 10.1 Å². The zero-order valence-electron chi connectivity index (χ0n) is 20.0. The summed E-state index contributed by atoms with van der Waals surface area (Å²) >= 11 is 3.27. The number of hydrogen-bond acceptors (Lipinski definition) is 6. The zero-order chi connectivity index (χ0) is 26.7. The van der Waals surface area contributed by atoms with Gasteiger partial charge < -0.3 is 19.6 Å². The number of alkyl halides is 3. The molecule has 2 N–H and O–H groups in total. The molecule has 0 atom stereocenters. The van der Waals surface area contributed by atoms with E-state index in [0.29, 0.717) is 15.7 Å². The summed E-state index contributed by atoms with van der Waals surface area (Å²) in [5, 5.41) is 13.0. The van der Waals surface area contributed by atoms with E-state index < -0.39 is 41.1 Å². The first-order valence-corrected chi connectivity index (χ1v) is 11.9. The van der Waals surface area contributed by atoms with E-state index in [1.807, 2.05) is 20.8 Å². The highest BCUT2D eigenvalue weighted by Crippen LogP contribution is 2.51. The Morgan fingerprint density at radius 2 is 1.86 bits per heavy atom. The summed E-state index contributed by atoms with van der Waals surface area (Å²) in [7, 11) is 0. The van der Waals surface area contributed by atoms with Crippen LogP contribution in [0, 0.1) is 0 Å². The van der Waals surface area contributed by atoms with Gasteiger partial charge in [-0.1, -0.05) is 24.3 Å². The van der Waals surface area contributed by atoms with Crippen LogP contribution in [-0.4, -0.2) is 38.1 Å². The van der Waals surface area contributed by atoms with Gasteiger partial charge >= 0.3 is 12.3 Å². The van der Waals surface area contributed by atoms with Crippen molar-refractivity contribution in [2.24, 2.45) is 0 Å². The molecular formula is C24H25BrF3N3O5. The van der Waals surface area contributed by atoms with Crippen LogP contribution in [0.1, 0.15) is 46.1 Å². The summed E-state index contributed by atoms with van der Waals surface area (Å²) in [4.78, 5) is 29.0. The summed E-state index contributed by atoms with van der Waals surface area (Å²) in [6.45, 7) is 5.67. The Morgan fingerprint density at radius 1 is 1.25 bits per heavy atom. The van der Waals surface area contributed by atoms with Crippen molar-refractivity contribution in [1.29, 1.82) is 0 Å². The fraction of sp³-hybridized carbons (Fsp3) is 0.458. The van der Waals surface area contributed by atoms with Gasteiger partial charge in [0.2, 0.25) is 5.71 Å². The number of fused-ring (bicyclic) bond motifs is 1. The molecular weight excluding hydrogens is 547 g/mol. The summed E-state index contributed by atoms with van der Waals surface area (Å²) in [5.74, 6) is 0.215. The first-order chi connectivity index (χ1) is 16.5. The van der Waals surface area contributed by atoms with E-state index >= 15 is 0 Å². The Morgan fingerprint density at radius 3 is 2.39 bits per heavy atom. The third kappa shape index (κ3) is 5.29. The number of carbonyl (C=O) groups excluding carboxylic acids is 1. The summed E-state index contributed by atoms with van der Waals surface area (Å²) < 4.78 is 50.5. The van der Waals surface area contributed by atoms with Gasteiger partial charge in [-0.05, 0) is 49.2 Å². The molecule has 3 aromatic rings. The van der Waals surface area contributed by atoms with E-state index in [1.165, 1.54) is 0 Å². The van der Waals surface area contributed by atoms with Gasteiger partial charge in [0, 0.05) is 23.9 Å². The van der Waals surface area contributed by atoms with Crippen molar-refractivity contribution in [3.05, 3.63) is 51.0 Å². The number of benzene rings is 1. The van der Waals surface area contributed by atoms with E-state index in [0.717, 1.165) is 6.33 Å². The largest absolute Gasteiger partial charge is 0.438 e. The molecule has 2 heterocycles. The molecule has 0 bridgehead atoms. The molecule has 0 radical (unpaired) electrons. The number of amides is 1. The number of halogens is 4. The third-order valence-corrected chi connectivity index (χ3v) is 6.50. The smallest absolute Gasteiger partial charge is 0.408 e. The molecule has 4 rings (SSSR count). The number of furan rings is 1. The second kappa shape index (κ2) is 8.62. The van der Waals surface area contributed by atoms with Crippen LogP contribution < -0.4 is 10.9 Å². The minimum atomic E-state index is -4.58. The van der Waals surface area contributed by atoms with Crippen molar-refractivity contribution in [2.75, 3.05) is 0 Å². The Balaban J connectivity index is 1.66. The van der Waals surface area contributed by atoms with Crippen molar-refractivity contribution in [3.63, 3.8) is 0 Å². The summed E-state index contributed by atoms with van der Waals surface area (Å²) in [5.41, 5.74) is -2.35. The third-order valence-electron chi connectivity index (χ3n) is 5.74. The van der Waals surface area contributed by atoms with Gasteiger partial charge in [-0.15, -0.1) is 0 Å². The van der Waals surface area contributed by atoms with Crippen LogP contribution in [0.5, 0.6) is 0 Å². The molecule has 1 fully saturated rings. The number of nitrogens with one attached hydrogen (secondary N) is 1. The van der Waals surface area contributed by atoms with Gasteiger partial charge in [-0.25, -0.2) is 9.78 Å². The van der Waals surface area contributed by atoms with Crippen LogP contribution in [0.4, 0.5) is 18.0 Å². The Bertz CT molecular complexity index is 1360. The lowest BCUT2D eigenvalue weighted by Gasteiger charge is -2.51. The lowest BCUT2D eigenvalue weighted by Crippen LogP contribution is -2.57. The minimum absolute atomic E-state index is 0.0990. The predicted octanol–water partition coefficient (Wildman–Crippen LogP) is 5.25. The maximum absolute atomic E-state index is 12.8. The number of alkyl carbamates (subject to hydrolysis) is 1. The van der Waals surface area contributed by atoms with Crippen LogP contribution in [0.2, 0.25) is 0 Å². The number of ether oxygens (including phenoxy) is 1. The average Bonchev–Trinajstić information content (AvgIpc) is 3.03. The topological polar surface area (TPSA) is 107 Å². The van der Waals surface area contributed by atoms with E-state index in [2.05, 4.69) is 26.2 Å². The molecule has 1 aliphatic carbocycles. The van der Waals surface area contributed by atoms with Crippen LogP contribution in [-0.2, 0) is 16.9 Å². The molecule has 0 saturated heterocycles. The number of carbonyl (C=O) groups is 1. The second-order valence-corrected chi connectivity index (χ2v) is 11.2. The van der Waals surface area contributed by atoms with E-state index in [4.69, 9.17) is 9.15 Å². The lowest BCUT2D eigenvalue weighted by atomic mass is 9.65. The van der Waals surface area contributed by atoms with Gasteiger partial charge in [0.25, 0.3) is 5.56 Å². The highest BCUT2D eigenvalue weighted by Gasteiger charge is 2.55. The van der Waals surface area contributed by atoms with Crippen molar-refractivity contribution >= 4 is 33.1 Å². The van der Waals surface area contributed by atoms with E-state index in [1.54, 1.807) is 31.2 Å². The Kier molecular flexibility index (Phi) is 6.27. The van der Waals surface area contributed by atoms with Crippen LogP contribution >= 0.6 is 15.9 Å². The standard InChI is InChI=1S/C24H25BrF3N3O5/c1-21(2,3)30-20(33)36-23(9-22(4,34)10-23)14-7-5-13(6-8-14)17-16(25)15-18(35-17)29-12-31(19(15)32)11-24(26,27)28/h5-8,12,34H,9-11H2,1-4H3,(H,30,33). The van der Waals surface area contributed by atoms with Crippen molar-refractivity contribution < 1.29 is 32.2 Å². The second-order valence-electron chi connectivity index (χ2n) is 10.4. The molecule has 2 aromatic heterocycles. The molecule has 1 aliphatic rings. The first-order valence-electron chi connectivity index (χ1n) is 11.1. The molecule has 194 valence electrons. The molecule has 36 heavy (non-hydrogen) atoms. The number of aromatic nitrogens is 2. The lowest BCUT2D eigenvalue weighted by molar-refractivity contribution is -0.177. The maximum atomic E-state index is 12.8. The Hall–Kier alpha value is -2.86. The first kappa shape index (κ1) is 26.2. The highest BCUT2D eigenvalue weighted by molar-refractivity contribution is 9.10. The van der Waals surface area contributed by atoms with E-state index in [9.17, 15) is 27.9 Å². The van der Waals surface area contributed by atoms with Crippen LogP contribution in [0.25, 0.3) is 22.4 Å². The fourth-order valence-corrected chi connectivity index (χ4v) is 5.08. The van der Waals surface area contributed by atoms with Crippen LogP contribution in [0.3, 0.4) is 0 Å². The molecule has 1 saturated carbocycles. The fourth-order valence-electron chi connectivity index (χ4n) is 4.43. The molecule has 0 spiro atoms. The predicted molar refractivity (Wildman–Crippen MR) is 128 cm³/mol. The van der Waals surface area contributed by atoms with Crippen molar-refractivity contribution in [1.82, 2.24) is 14.9 Å². The van der Waals surface area contributed by atoms with Crippen molar-refractivity contribution in [2.45, 2.75) is 70.0 Å². The SMILES string of the molecule is CC1(O)CC(OC(=O)NC(C)(C)C)(c2ccc(-c3oc4ncn(CC(F)(F)F)c(=O)c4c3Br)cc2)C1. The number of aliphatic hydroxyl groups is 1. The zero-order valence-corrected chi connectivity index (χ0v) is 21.6. The van der Waals surface area contributed by atoms with Gasteiger partial charge in [-0.3, -0.25) is 9.36 Å².